The number of rotatable bonds is 5. The molecule has 0 amide bonds. The fourth-order valence-electron chi connectivity index (χ4n) is 0.831. The number of hydrogen-bond donors (Lipinski definition) is 1. The minimum atomic E-state index is -1.01. The van der Waals surface area contributed by atoms with Gasteiger partial charge in [0.15, 0.2) is 11.9 Å². The van der Waals surface area contributed by atoms with Gasteiger partial charge in [0.25, 0.3) is 0 Å². The lowest BCUT2D eigenvalue weighted by molar-refractivity contribution is -0.150. The van der Waals surface area contributed by atoms with Crippen molar-refractivity contribution in [3.63, 3.8) is 0 Å². The molecule has 1 aromatic rings. The van der Waals surface area contributed by atoms with E-state index in [4.69, 9.17) is 14.4 Å². The Balaban J connectivity index is 2.47. The first-order valence-electron chi connectivity index (χ1n) is 4.67. The van der Waals surface area contributed by atoms with Crippen molar-refractivity contribution in [2.75, 3.05) is 0 Å². The van der Waals surface area contributed by atoms with E-state index in [1.807, 2.05) is 13.8 Å². The zero-order valence-electron chi connectivity index (χ0n) is 8.93. The standard InChI is InChI=1S/C9H14N2O4/c1-5(2)8-10-7(11-15-8)4-14-6(3)9(12)13/h5-6H,4H2,1-3H3,(H,12,13)/t6-/m0/s1. The number of nitrogens with zero attached hydrogens (tertiary/aromatic N) is 2. The third kappa shape index (κ3) is 3.32. The Hall–Kier alpha value is -1.43. The monoisotopic (exact) mass is 214 g/mol. The van der Waals surface area contributed by atoms with E-state index in [0.717, 1.165) is 0 Å². The average molecular weight is 214 g/mol. The van der Waals surface area contributed by atoms with Gasteiger partial charge in [0.2, 0.25) is 5.89 Å². The molecule has 1 atom stereocenters. The predicted octanol–water partition coefficient (Wildman–Crippen LogP) is 1.18. The molecule has 0 aliphatic carbocycles. The number of carboxylic acids is 1. The normalized spacial score (nSPS) is 13.1. The van der Waals surface area contributed by atoms with Crippen molar-refractivity contribution in [3.8, 4) is 0 Å². The van der Waals surface area contributed by atoms with E-state index in [2.05, 4.69) is 10.1 Å². The molecule has 0 aliphatic rings. The van der Waals surface area contributed by atoms with Crippen molar-refractivity contribution < 1.29 is 19.2 Å². The minimum absolute atomic E-state index is 0.0453. The number of ether oxygens (including phenoxy) is 1. The van der Waals surface area contributed by atoms with Gasteiger partial charge in [0.1, 0.15) is 6.61 Å². The molecule has 0 saturated heterocycles. The Kier molecular flexibility index (Phi) is 3.79. The van der Waals surface area contributed by atoms with Gasteiger partial charge in [-0.15, -0.1) is 0 Å². The van der Waals surface area contributed by atoms with Crippen molar-refractivity contribution >= 4 is 5.97 Å². The average Bonchev–Trinajstić information content (AvgIpc) is 2.62. The maximum absolute atomic E-state index is 10.4. The summed E-state index contributed by atoms with van der Waals surface area (Å²) in [5.74, 6) is 0.0362. The summed E-state index contributed by atoms with van der Waals surface area (Å²) in [6.45, 7) is 5.35. The molecule has 0 bridgehead atoms. The smallest absolute Gasteiger partial charge is 0.332 e. The molecule has 0 radical (unpaired) electrons. The lowest BCUT2D eigenvalue weighted by Gasteiger charge is -2.04. The van der Waals surface area contributed by atoms with Crippen LogP contribution in [0.5, 0.6) is 0 Å². The molecule has 15 heavy (non-hydrogen) atoms. The Bertz CT molecular complexity index is 335. The van der Waals surface area contributed by atoms with Crippen LogP contribution in [-0.2, 0) is 16.1 Å². The Labute approximate surface area is 87.2 Å². The van der Waals surface area contributed by atoms with E-state index < -0.39 is 12.1 Å². The van der Waals surface area contributed by atoms with E-state index in [9.17, 15) is 4.79 Å². The van der Waals surface area contributed by atoms with Gasteiger partial charge in [-0.25, -0.2) is 4.79 Å². The van der Waals surface area contributed by atoms with Crippen molar-refractivity contribution in [2.45, 2.75) is 39.4 Å². The van der Waals surface area contributed by atoms with Crippen LogP contribution in [0.4, 0.5) is 0 Å². The first-order valence-corrected chi connectivity index (χ1v) is 4.67. The van der Waals surface area contributed by atoms with E-state index in [1.54, 1.807) is 0 Å². The van der Waals surface area contributed by atoms with E-state index >= 15 is 0 Å². The zero-order chi connectivity index (χ0) is 11.4. The Morgan fingerprint density at radius 1 is 1.53 bits per heavy atom. The van der Waals surface area contributed by atoms with E-state index in [-0.39, 0.29) is 12.5 Å². The minimum Gasteiger partial charge on any atom is -0.479 e. The van der Waals surface area contributed by atoms with Gasteiger partial charge >= 0.3 is 5.97 Å². The predicted molar refractivity (Wildman–Crippen MR) is 50.3 cm³/mol. The summed E-state index contributed by atoms with van der Waals surface area (Å²) < 4.78 is 9.93. The van der Waals surface area contributed by atoms with Crippen LogP contribution >= 0.6 is 0 Å². The van der Waals surface area contributed by atoms with Crippen molar-refractivity contribution in [3.05, 3.63) is 11.7 Å². The molecular weight excluding hydrogens is 200 g/mol. The highest BCUT2D eigenvalue weighted by Crippen LogP contribution is 2.11. The summed E-state index contributed by atoms with van der Waals surface area (Å²) in [5, 5.41) is 12.2. The summed E-state index contributed by atoms with van der Waals surface area (Å²) in [5.41, 5.74) is 0. The van der Waals surface area contributed by atoms with Gasteiger partial charge in [-0.2, -0.15) is 4.98 Å². The summed E-state index contributed by atoms with van der Waals surface area (Å²) in [7, 11) is 0. The van der Waals surface area contributed by atoms with Gasteiger partial charge in [-0.05, 0) is 6.92 Å². The van der Waals surface area contributed by atoms with Gasteiger partial charge in [-0.1, -0.05) is 19.0 Å². The summed E-state index contributed by atoms with van der Waals surface area (Å²) in [6.07, 6.45) is -0.869. The van der Waals surface area contributed by atoms with Crippen LogP contribution in [0.1, 0.15) is 38.4 Å². The third-order valence-electron chi connectivity index (χ3n) is 1.79. The number of hydrogen-bond acceptors (Lipinski definition) is 5. The number of aliphatic carboxylic acids is 1. The van der Waals surface area contributed by atoms with Crippen LogP contribution in [-0.4, -0.2) is 27.3 Å². The molecular formula is C9H14N2O4. The van der Waals surface area contributed by atoms with Crippen LogP contribution < -0.4 is 0 Å². The van der Waals surface area contributed by atoms with Crippen LogP contribution in [0.15, 0.2) is 4.52 Å². The molecule has 1 rings (SSSR count). The van der Waals surface area contributed by atoms with Gasteiger partial charge in [0.05, 0.1) is 0 Å². The molecule has 0 fully saturated rings. The first-order chi connectivity index (χ1) is 7.00. The molecule has 0 spiro atoms. The lowest BCUT2D eigenvalue weighted by atomic mass is 10.2. The summed E-state index contributed by atoms with van der Waals surface area (Å²) in [6, 6.07) is 0. The van der Waals surface area contributed by atoms with Gasteiger partial charge in [-0.3, -0.25) is 0 Å². The second-order valence-corrected chi connectivity index (χ2v) is 3.50. The largest absolute Gasteiger partial charge is 0.479 e. The summed E-state index contributed by atoms with van der Waals surface area (Å²) in [4.78, 5) is 14.5. The molecule has 1 aromatic heterocycles. The molecule has 1 heterocycles. The van der Waals surface area contributed by atoms with Gasteiger partial charge in [0, 0.05) is 5.92 Å². The van der Waals surface area contributed by atoms with E-state index in [1.165, 1.54) is 6.92 Å². The van der Waals surface area contributed by atoms with Crippen LogP contribution in [0.3, 0.4) is 0 Å². The lowest BCUT2D eigenvalue weighted by Crippen LogP contribution is -2.19. The Morgan fingerprint density at radius 3 is 2.67 bits per heavy atom. The van der Waals surface area contributed by atoms with Crippen LogP contribution in [0.25, 0.3) is 0 Å². The molecule has 84 valence electrons. The van der Waals surface area contributed by atoms with Crippen molar-refractivity contribution in [2.24, 2.45) is 0 Å². The third-order valence-corrected chi connectivity index (χ3v) is 1.79. The fraction of sp³-hybridized carbons (Fsp3) is 0.667. The SMILES string of the molecule is CC(C)c1nc(CO[C@@H](C)C(=O)O)no1. The second-order valence-electron chi connectivity index (χ2n) is 3.50. The molecule has 1 N–H and O–H groups in total. The zero-order valence-corrected chi connectivity index (χ0v) is 8.93. The van der Waals surface area contributed by atoms with Crippen LogP contribution in [0.2, 0.25) is 0 Å². The number of carboxylic acid groups (broad SMARTS) is 1. The quantitative estimate of drug-likeness (QED) is 0.792. The first kappa shape index (κ1) is 11.6. The highest BCUT2D eigenvalue weighted by Gasteiger charge is 2.14. The highest BCUT2D eigenvalue weighted by molar-refractivity contribution is 5.71. The Morgan fingerprint density at radius 2 is 2.20 bits per heavy atom. The number of aromatic nitrogens is 2. The molecule has 6 heteroatoms. The maximum atomic E-state index is 10.4. The number of carbonyl (C=O) groups is 1. The van der Waals surface area contributed by atoms with Crippen molar-refractivity contribution in [1.29, 1.82) is 0 Å². The molecule has 6 nitrogen and oxygen atoms in total. The maximum Gasteiger partial charge on any atom is 0.332 e. The molecule has 0 saturated carbocycles. The van der Waals surface area contributed by atoms with Crippen LogP contribution in [0, 0.1) is 0 Å². The van der Waals surface area contributed by atoms with Gasteiger partial charge < -0.3 is 14.4 Å². The summed E-state index contributed by atoms with van der Waals surface area (Å²) >= 11 is 0. The topological polar surface area (TPSA) is 85.5 Å². The highest BCUT2D eigenvalue weighted by atomic mass is 16.5. The molecule has 0 aliphatic heterocycles. The van der Waals surface area contributed by atoms with Crippen molar-refractivity contribution in [1.82, 2.24) is 10.1 Å². The fourth-order valence-corrected chi connectivity index (χ4v) is 0.831. The van der Waals surface area contributed by atoms with E-state index in [0.29, 0.717) is 11.7 Å². The molecule has 0 aromatic carbocycles. The molecule has 0 unspecified atom stereocenters. The second kappa shape index (κ2) is 4.88.